The lowest BCUT2D eigenvalue weighted by Gasteiger charge is -2.05. The van der Waals surface area contributed by atoms with Gasteiger partial charge in [0.15, 0.2) is 5.78 Å². The van der Waals surface area contributed by atoms with Crippen LogP contribution >= 0.6 is 15.9 Å². The molecule has 0 atom stereocenters. The van der Waals surface area contributed by atoms with Crippen LogP contribution in [0.15, 0.2) is 53.0 Å². The lowest BCUT2D eigenvalue weighted by molar-refractivity contribution is -0.115. The molecule has 2 rings (SSSR count). The van der Waals surface area contributed by atoms with Crippen LogP contribution in [0.3, 0.4) is 0 Å². The zero-order valence-electron chi connectivity index (χ0n) is 13.5. The van der Waals surface area contributed by atoms with Crippen molar-refractivity contribution < 1.29 is 14.3 Å². The smallest absolute Gasteiger partial charge is 0.224 e. The minimum absolute atomic E-state index is 0.0595. The van der Waals surface area contributed by atoms with Crippen molar-refractivity contribution in [2.45, 2.75) is 13.3 Å². The molecule has 0 saturated heterocycles. The van der Waals surface area contributed by atoms with E-state index in [1.54, 1.807) is 44.4 Å². The first-order valence-electron chi connectivity index (χ1n) is 7.49. The summed E-state index contributed by atoms with van der Waals surface area (Å²) in [7, 11) is 1.59. The van der Waals surface area contributed by atoms with Gasteiger partial charge in [-0.15, -0.1) is 0 Å². The van der Waals surface area contributed by atoms with Crippen molar-refractivity contribution in [1.29, 1.82) is 0 Å². The summed E-state index contributed by atoms with van der Waals surface area (Å²) in [5.41, 5.74) is 2.04. The molecule has 0 unspecified atom stereocenters. The van der Waals surface area contributed by atoms with Gasteiger partial charge in [-0.25, -0.2) is 0 Å². The van der Waals surface area contributed by atoms with Crippen molar-refractivity contribution in [2.75, 3.05) is 12.4 Å². The lowest BCUT2D eigenvalue weighted by Crippen LogP contribution is -2.09. The van der Waals surface area contributed by atoms with E-state index in [1.807, 2.05) is 18.2 Å². The highest BCUT2D eigenvalue weighted by Crippen LogP contribution is 2.24. The topological polar surface area (TPSA) is 55.4 Å². The summed E-state index contributed by atoms with van der Waals surface area (Å²) in [4.78, 5) is 23.6. The molecule has 0 spiro atoms. The summed E-state index contributed by atoms with van der Waals surface area (Å²) >= 11 is 3.40. The molecule has 0 saturated carbocycles. The molecule has 1 N–H and O–H groups in total. The van der Waals surface area contributed by atoms with E-state index in [0.717, 1.165) is 10.0 Å². The van der Waals surface area contributed by atoms with Gasteiger partial charge in [0.05, 0.1) is 7.11 Å². The number of nitrogens with one attached hydrogen (secondary N) is 1. The average Bonchev–Trinajstić information content (AvgIpc) is 2.60. The predicted octanol–water partition coefficient (Wildman–Crippen LogP) is 4.70. The third-order valence-corrected chi connectivity index (χ3v) is 3.87. The van der Waals surface area contributed by atoms with E-state index in [2.05, 4.69) is 21.2 Å². The summed E-state index contributed by atoms with van der Waals surface area (Å²) in [6.45, 7) is 1.79. The van der Waals surface area contributed by atoms with Gasteiger partial charge in [0.1, 0.15) is 5.75 Å². The molecule has 0 aliphatic rings. The van der Waals surface area contributed by atoms with Gasteiger partial charge in [-0.2, -0.15) is 0 Å². The molecule has 0 bridgehead atoms. The maximum absolute atomic E-state index is 12.3. The van der Waals surface area contributed by atoms with Crippen LogP contribution in [0.5, 0.6) is 5.75 Å². The van der Waals surface area contributed by atoms with Crippen LogP contribution < -0.4 is 10.1 Å². The fourth-order valence-electron chi connectivity index (χ4n) is 2.06. The van der Waals surface area contributed by atoms with Gasteiger partial charge in [0.25, 0.3) is 0 Å². The van der Waals surface area contributed by atoms with E-state index in [4.69, 9.17) is 4.74 Å². The number of carbonyl (C=O) groups is 2. The Morgan fingerprint density at radius 3 is 2.50 bits per heavy atom. The Hall–Kier alpha value is -2.40. The minimum Gasteiger partial charge on any atom is -0.496 e. The second-order valence-electron chi connectivity index (χ2n) is 5.06. The van der Waals surface area contributed by atoms with Crippen LogP contribution in [-0.2, 0) is 4.79 Å². The minimum atomic E-state index is -0.120. The Balaban J connectivity index is 2.12. The maximum Gasteiger partial charge on any atom is 0.224 e. The second kappa shape index (κ2) is 8.45. The third-order valence-electron chi connectivity index (χ3n) is 3.38. The molecule has 1 amide bonds. The lowest BCUT2D eigenvalue weighted by atomic mass is 10.1. The molecular weight excluding hydrogens is 370 g/mol. The number of hydrogen-bond donors (Lipinski definition) is 1. The summed E-state index contributed by atoms with van der Waals surface area (Å²) < 4.78 is 6.19. The van der Waals surface area contributed by atoms with Gasteiger partial charge < -0.3 is 10.1 Å². The Kier molecular flexibility index (Phi) is 6.32. The summed E-state index contributed by atoms with van der Waals surface area (Å²) in [6, 6.07) is 12.4. The Morgan fingerprint density at radius 1 is 1.17 bits per heavy atom. The van der Waals surface area contributed by atoms with Crippen molar-refractivity contribution in [3.63, 3.8) is 0 Å². The highest BCUT2D eigenvalue weighted by molar-refractivity contribution is 9.10. The number of anilines is 1. The van der Waals surface area contributed by atoms with E-state index >= 15 is 0 Å². The van der Waals surface area contributed by atoms with Crippen LogP contribution in [0.4, 0.5) is 5.69 Å². The first-order valence-corrected chi connectivity index (χ1v) is 8.28. The molecule has 0 aliphatic heterocycles. The van der Waals surface area contributed by atoms with Gasteiger partial charge in [0.2, 0.25) is 5.91 Å². The van der Waals surface area contributed by atoms with Crippen LogP contribution in [0, 0.1) is 0 Å². The van der Waals surface area contributed by atoms with Crippen molar-refractivity contribution in [2.24, 2.45) is 0 Å². The van der Waals surface area contributed by atoms with Crippen molar-refractivity contribution >= 4 is 39.4 Å². The third kappa shape index (κ3) is 4.80. The van der Waals surface area contributed by atoms with E-state index in [0.29, 0.717) is 23.4 Å². The SMILES string of the molecule is CCC(=O)Nc1ccc(C(=O)C=Cc2cc(Br)ccc2OC)cc1. The standard InChI is InChI=1S/C19H18BrNO3/c1-3-19(23)21-16-8-4-13(5-9-16)17(22)10-6-14-12-15(20)7-11-18(14)24-2/h4-12H,3H2,1-2H3,(H,21,23). The van der Waals surface area contributed by atoms with Gasteiger partial charge in [-0.1, -0.05) is 22.9 Å². The molecule has 5 heteroatoms. The maximum atomic E-state index is 12.3. The molecule has 4 nitrogen and oxygen atoms in total. The fraction of sp³-hybridized carbons (Fsp3) is 0.158. The van der Waals surface area contributed by atoms with Crippen LogP contribution in [0.1, 0.15) is 29.3 Å². The number of amides is 1. The normalized spacial score (nSPS) is 10.6. The Bertz CT molecular complexity index is 767. The van der Waals surface area contributed by atoms with E-state index in [-0.39, 0.29) is 11.7 Å². The number of rotatable bonds is 6. The Labute approximate surface area is 149 Å². The monoisotopic (exact) mass is 387 g/mol. The largest absolute Gasteiger partial charge is 0.496 e. The van der Waals surface area contributed by atoms with Crippen LogP contribution in [-0.4, -0.2) is 18.8 Å². The zero-order valence-corrected chi connectivity index (χ0v) is 15.1. The van der Waals surface area contributed by atoms with Crippen molar-refractivity contribution in [1.82, 2.24) is 0 Å². The number of benzene rings is 2. The number of ketones is 1. The highest BCUT2D eigenvalue weighted by atomic mass is 79.9. The first-order chi connectivity index (χ1) is 11.5. The number of hydrogen-bond acceptors (Lipinski definition) is 3. The zero-order chi connectivity index (χ0) is 17.5. The Morgan fingerprint density at radius 2 is 1.88 bits per heavy atom. The quantitative estimate of drug-likeness (QED) is 0.577. The molecule has 24 heavy (non-hydrogen) atoms. The molecular formula is C19H18BrNO3. The van der Waals surface area contributed by atoms with E-state index in [1.165, 1.54) is 6.08 Å². The van der Waals surface area contributed by atoms with Crippen molar-refractivity contribution in [3.05, 3.63) is 64.1 Å². The molecule has 0 fully saturated rings. The molecule has 0 radical (unpaired) electrons. The van der Waals surface area contributed by atoms with Crippen LogP contribution in [0.2, 0.25) is 0 Å². The molecule has 2 aromatic carbocycles. The fourth-order valence-corrected chi connectivity index (χ4v) is 2.44. The van der Waals surface area contributed by atoms with Crippen molar-refractivity contribution in [3.8, 4) is 5.75 Å². The summed E-state index contributed by atoms with van der Waals surface area (Å²) in [6.07, 6.45) is 3.64. The number of halogens is 1. The number of methoxy groups -OCH3 is 1. The number of carbonyl (C=O) groups excluding carboxylic acids is 2. The molecule has 124 valence electrons. The van der Waals surface area contributed by atoms with E-state index < -0.39 is 0 Å². The van der Waals surface area contributed by atoms with Crippen LogP contribution in [0.25, 0.3) is 6.08 Å². The number of allylic oxidation sites excluding steroid dienone is 1. The molecule has 0 aliphatic carbocycles. The van der Waals surface area contributed by atoms with E-state index in [9.17, 15) is 9.59 Å². The molecule has 0 heterocycles. The second-order valence-corrected chi connectivity index (χ2v) is 5.98. The average molecular weight is 388 g/mol. The summed E-state index contributed by atoms with van der Waals surface area (Å²) in [5, 5.41) is 2.75. The van der Waals surface area contributed by atoms with Gasteiger partial charge >= 0.3 is 0 Å². The summed E-state index contributed by atoms with van der Waals surface area (Å²) in [5.74, 6) is 0.515. The highest BCUT2D eigenvalue weighted by Gasteiger charge is 2.05. The predicted molar refractivity (Wildman–Crippen MR) is 99.4 cm³/mol. The molecule has 0 aromatic heterocycles. The van der Waals surface area contributed by atoms with Gasteiger partial charge in [0, 0.05) is 27.7 Å². The first kappa shape index (κ1) is 17.9. The molecule has 2 aromatic rings. The van der Waals surface area contributed by atoms with Gasteiger partial charge in [-0.05, 0) is 54.6 Å². The van der Waals surface area contributed by atoms with Gasteiger partial charge in [-0.3, -0.25) is 9.59 Å². The number of ether oxygens (including phenoxy) is 1.